The molecular formula is C17H17N5O3. The highest BCUT2D eigenvalue weighted by Gasteiger charge is 2.16. The molecule has 8 nitrogen and oxygen atoms in total. The van der Waals surface area contributed by atoms with Crippen molar-refractivity contribution in [3.63, 3.8) is 0 Å². The summed E-state index contributed by atoms with van der Waals surface area (Å²) in [5, 5.41) is 4.23. The first-order chi connectivity index (χ1) is 12.1. The van der Waals surface area contributed by atoms with Crippen LogP contribution in [0.4, 0.5) is 0 Å². The molecule has 0 saturated carbocycles. The van der Waals surface area contributed by atoms with Gasteiger partial charge in [0.25, 0.3) is 0 Å². The molecule has 0 bridgehead atoms. The van der Waals surface area contributed by atoms with Crippen LogP contribution in [0.1, 0.15) is 35.8 Å². The van der Waals surface area contributed by atoms with E-state index in [0.717, 1.165) is 5.56 Å². The van der Waals surface area contributed by atoms with Crippen molar-refractivity contribution in [3.8, 4) is 17.3 Å². The highest BCUT2D eigenvalue weighted by molar-refractivity contribution is 5.78. The van der Waals surface area contributed by atoms with Crippen LogP contribution in [0.3, 0.4) is 0 Å². The topological polar surface area (TPSA) is 103 Å². The Hall–Kier alpha value is -3.29. The van der Waals surface area contributed by atoms with E-state index in [2.05, 4.69) is 20.1 Å². The first kappa shape index (κ1) is 16.6. The molecule has 25 heavy (non-hydrogen) atoms. The zero-order valence-corrected chi connectivity index (χ0v) is 13.8. The summed E-state index contributed by atoms with van der Waals surface area (Å²) in [4.78, 5) is 33.6. The average molecular weight is 339 g/mol. The summed E-state index contributed by atoms with van der Waals surface area (Å²) in [6, 6.07) is 5.00. The fraction of sp³-hybridized carbons (Fsp3) is 0.235. The third-order valence-electron chi connectivity index (χ3n) is 3.59. The van der Waals surface area contributed by atoms with E-state index in [1.54, 1.807) is 16.9 Å². The lowest BCUT2D eigenvalue weighted by Gasteiger charge is -2.13. The maximum absolute atomic E-state index is 11.3. The van der Waals surface area contributed by atoms with Crippen molar-refractivity contribution in [1.29, 1.82) is 0 Å². The molecule has 0 aliphatic heterocycles. The van der Waals surface area contributed by atoms with Crippen molar-refractivity contribution >= 4 is 6.29 Å². The number of rotatable bonds is 6. The molecule has 0 aromatic carbocycles. The fourth-order valence-corrected chi connectivity index (χ4v) is 2.40. The Morgan fingerprint density at radius 3 is 2.96 bits per heavy atom. The monoisotopic (exact) mass is 339 g/mol. The number of pyridine rings is 2. The van der Waals surface area contributed by atoms with Gasteiger partial charge in [0.05, 0.1) is 5.56 Å². The van der Waals surface area contributed by atoms with Gasteiger partial charge in [0, 0.05) is 30.1 Å². The van der Waals surface area contributed by atoms with Crippen LogP contribution in [-0.4, -0.2) is 31.0 Å². The van der Waals surface area contributed by atoms with Crippen LogP contribution in [0.15, 0.2) is 41.7 Å². The van der Waals surface area contributed by atoms with Gasteiger partial charge in [-0.2, -0.15) is 5.10 Å². The van der Waals surface area contributed by atoms with Gasteiger partial charge < -0.3 is 9.72 Å². The molecule has 0 atom stereocenters. The SMILES string of the molecule is CC(C)n1ncnc1-c1ncccc1COc1c[nH]c(=O)cc1C=O. The van der Waals surface area contributed by atoms with Gasteiger partial charge in [-0.1, -0.05) is 6.07 Å². The molecule has 0 radical (unpaired) electrons. The summed E-state index contributed by atoms with van der Waals surface area (Å²) in [5.41, 5.74) is 1.28. The summed E-state index contributed by atoms with van der Waals surface area (Å²) in [6.07, 6.45) is 5.12. The Labute approximate surface area is 143 Å². The maximum atomic E-state index is 11.3. The van der Waals surface area contributed by atoms with Crippen LogP contribution in [-0.2, 0) is 6.61 Å². The van der Waals surface area contributed by atoms with Gasteiger partial charge >= 0.3 is 0 Å². The third-order valence-corrected chi connectivity index (χ3v) is 3.59. The minimum atomic E-state index is -0.360. The first-order valence-corrected chi connectivity index (χ1v) is 7.74. The first-order valence-electron chi connectivity index (χ1n) is 7.74. The van der Waals surface area contributed by atoms with Gasteiger partial charge in [0.2, 0.25) is 5.56 Å². The van der Waals surface area contributed by atoms with Crippen LogP contribution < -0.4 is 10.3 Å². The molecule has 1 N–H and O–H groups in total. The number of nitrogens with one attached hydrogen (secondary N) is 1. The number of ether oxygens (including phenoxy) is 1. The second-order valence-electron chi connectivity index (χ2n) is 5.66. The molecule has 0 aliphatic carbocycles. The lowest BCUT2D eigenvalue weighted by atomic mass is 10.2. The number of hydrogen-bond donors (Lipinski definition) is 1. The van der Waals surface area contributed by atoms with E-state index in [-0.39, 0.29) is 23.8 Å². The van der Waals surface area contributed by atoms with Crippen LogP contribution in [0, 0.1) is 0 Å². The lowest BCUT2D eigenvalue weighted by molar-refractivity contribution is 0.111. The van der Waals surface area contributed by atoms with Crippen LogP contribution >= 0.6 is 0 Å². The molecular weight excluding hydrogens is 322 g/mol. The van der Waals surface area contributed by atoms with Gasteiger partial charge in [0.1, 0.15) is 24.4 Å². The minimum absolute atomic E-state index is 0.133. The van der Waals surface area contributed by atoms with Crippen LogP contribution in [0.2, 0.25) is 0 Å². The average Bonchev–Trinajstić information content (AvgIpc) is 3.10. The molecule has 8 heteroatoms. The second-order valence-corrected chi connectivity index (χ2v) is 5.66. The van der Waals surface area contributed by atoms with Gasteiger partial charge in [-0.15, -0.1) is 0 Å². The Balaban J connectivity index is 1.91. The van der Waals surface area contributed by atoms with E-state index in [0.29, 0.717) is 23.6 Å². The molecule has 0 aliphatic rings. The van der Waals surface area contributed by atoms with Crippen molar-refractivity contribution < 1.29 is 9.53 Å². The number of nitrogens with zero attached hydrogens (tertiary/aromatic N) is 4. The quantitative estimate of drug-likeness (QED) is 0.689. The van der Waals surface area contributed by atoms with Crippen LogP contribution in [0.25, 0.3) is 11.5 Å². The molecule has 0 spiro atoms. The van der Waals surface area contributed by atoms with Gasteiger partial charge in [-0.05, 0) is 19.9 Å². The molecule has 3 aromatic rings. The Morgan fingerprint density at radius 2 is 2.20 bits per heavy atom. The molecule has 0 amide bonds. The Bertz CT molecular complexity index is 945. The maximum Gasteiger partial charge on any atom is 0.248 e. The Morgan fingerprint density at radius 1 is 1.36 bits per heavy atom. The third kappa shape index (κ3) is 3.47. The van der Waals surface area contributed by atoms with E-state index >= 15 is 0 Å². The normalized spacial score (nSPS) is 10.8. The summed E-state index contributed by atoms with van der Waals surface area (Å²) in [6.45, 7) is 4.18. The summed E-state index contributed by atoms with van der Waals surface area (Å²) >= 11 is 0. The van der Waals surface area contributed by atoms with Crippen molar-refractivity contribution in [2.45, 2.75) is 26.5 Å². The Kier molecular flexibility index (Phi) is 4.69. The predicted molar refractivity (Wildman–Crippen MR) is 90.4 cm³/mol. The zero-order chi connectivity index (χ0) is 17.8. The molecule has 128 valence electrons. The number of aldehydes is 1. The molecule has 0 unspecified atom stereocenters. The minimum Gasteiger partial charge on any atom is -0.487 e. The number of aromatic amines is 1. The van der Waals surface area contributed by atoms with E-state index in [9.17, 15) is 9.59 Å². The van der Waals surface area contributed by atoms with Gasteiger partial charge in [-0.25, -0.2) is 9.67 Å². The molecule has 3 aromatic heterocycles. The fourth-order valence-electron chi connectivity index (χ4n) is 2.40. The van der Waals surface area contributed by atoms with Crippen LogP contribution in [0.5, 0.6) is 5.75 Å². The summed E-state index contributed by atoms with van der Waals surface area (Å²) in [5.74, 6) is 0.945. The van der Waals surface area contributed by atoms with Crippen molar-refractivity contribution in [1.82, 2.24) is 24.7 Å². The zero-order valence-electron chi connectivity index (χ0n) is 13.8. The van der Waals surface area contributed by atoms with Crippen molar-refractivity contribution in [2.75, 3.05) is 0 Å². The highest BCUT2D eigenvalue weighted by Crippen LogP contribution is 2.23. The number of hydrogen-bond acceptors (Lipinski definition) is 6. The predicted octanol–water partition coefficient (Wildman–Crippen LogP) is 2.00. The smallest absolute Gasteiger partial charge is 0.248 e. The van der Waals surface area contributed by atoms with Gasteiger partial charge in [0.15, 0.2) is 12.1 Å². The molecule has 0 saturated heterocycles. The number of H-pyrrole nitrogens is 1. The summed E-state index contributed by atoms with van der Waals surface area (Å²) in [7, 11) is 0. The van der Waals surface area contributed by atoms with E-state index in [1.165, 1.54) is 18.6 Å². The molecule has 0 fully saturated rings. The van der Waals surface area contributed by atoms with Gasteiger partial charge in [-0.3, -0.25) is 14.6 Å². The van der Waals surface area contributed by atoms with E-state index in [1.807, 2.05) is 19.9 Å². The standard InChI is InChI=1S/C17H17N5O3/c1-11(2)22-17(20-10-21-22)16-12(4-3-5-18-16)9-25-14-7-19-15(24)6-13(14)8-23/h3-8,10-11H,9H2,1-2H3,(H,19,24). The van der Waals surface area contributed by atoms with E-state index in [4.69, 9.17) is 4.74 Å². The highest BCUT2D eigenvalue weighted by atomic mass is 16.5. The molecule has 3 rings (SSSR count). The lowest BCUT2D eigenvalue weighted by Crippen LogP contribution is -2.10. The summed E-state index contributed by atoms with van der Waals surface area (Å²) < 4.78 is 7.49. The van der Waals surface area contributed by atoms with E-state index < -0.39 is 0 Å². The molecule has 3 heterocycles. The largest absolute Gasteiger partial charge is 0.487 e. The van der Waals surface area contributed by atoms with Crippen molar-refractivity contribution in [3.05, 3.63) is 58.4 Å². The second kappa shape index (κ2) is 7.08. The number of aromatic nitrogens is 5. The van der Waals surface area contributed by atoms with Crippen molar-refractivity contribution in [2.24, 2.45) is 0 Å². The number of carbonyl (C=O) groups is 1. The number of carbonyl (C=O) groups excluding carboxylic acids is 1.